The molecule has 6 heteroatoms. The number of halogens is 2. The SMILES string of the molecule is Cc1ccc(Cl)cc1C1CCN(Cc2c(Cl)c(=O)n(C3CCCC3)n2C)CC1. The van der Waals surface area contributed by atoms with E-state index in [0.29, 0.717) is 17.0 Å². The third-order valence-corrected chi connectivity index (χ3v) is 7.29. The third-order valence-electron chi connectivity index (χ3n) is 6.68. The van der Waals surface area contributed by atoms with Crippen molar-refractivity contribution in [3.63, 3.8) is 0 Å². The Morgan fingerprint density at radius 1 is 1.07 bits per heavy atom. The van der Waals surface area contributed by atoms with E-state index in [1.54, 1.807) is 0 Å². The Bertz CT molecular complexity index is 903. The van der Waals surface area contributed by atoms with Gasteiger partial charge in [-0.05, 0) is 74.9 Å². The lowest BCUT2D eigenvalue weighted by Gasteiger charge is -2.33. The summed E-state index contributed by atoms with van der Waals surface area (Å²) >= 11 is 12.7. The van der Waals surface area contributed by atoms with E-state index in [2.05, 4.69) is 24.0 Å². The second-order valence-corrected chi connectivity index (χ2v) is 9.24. The number of likely N-dealkylation sites (tertiary alicyclic amines) is 1. The molecule has 0 amide bonds. The molecule has 1 saturated heterocycles. The van der Waals surface area contributed by atoms with Crippen molar-refractivity contribution in [3.05, 3.63) is 55.4 Å². The summed E-state index contributed by atoms with van der Waals surface area (Å²) < 4.78 is 3.92. The normalized spacial score (nSPS) is 19.6. The van der Waals surface area contributed by atoms with Gasteiger partial charge in [0.25, 0.3) is 5.56 Å². The summed E-state index contributed by atoms with van der Waals surface area (Å²) in [6.45, 7) is 4.93. The highest BCUT2D eigenvalue weighted by molar-refractivity contribution is 6.31. The van der Waals surface area contributed by atoms with Crippen molar-refractivity contribution < 1.29 is 0 Å². The molecule has 2 fully saturated rings. The molecule has 1 aromatic heterocycles. The Labute approximate surface area is 177 Å². The van der Waals surface area contributed by atoms with E-state index >= 15 is 0 Å². The highest BCUT2D eigenvalue weighted by Gasteiger charge is 2.27. The van der Waals surface area contributed by atoms with Gasteiger partial charge in [-0.15, -0.1) is 0 Å². The molecule has 28 heavy (non-hydrogen) atoms. The monoisotopic (exact) mass is 421 g/mol. The molecule has 0 bridgehead atoms. The minimum absolute atomic E-state index is 0.0181. The van der Waals surface area contributed by atoms with E-state index in [1.165, 1.54) is 24.0 Å². The maximum Gasteiger partial charge on any atom is 0.286 e. The zero-order chi connectivity index (χ0) is 19.8. The van der Waals surface area contributed by atoms with Gasteiger partial charge in [0, 0.05) is 18.6 Å². The first-order valence-electron chi connectivity index (χ1n) is 10.4. The van der Waals surface area contributed by atoms with Crippen molar-refractivity contribution in [1.29, 1.82) is 0 Å². The van der Waals surface area contributed by atoms with Gasteiger partial charge in [-0.25, -0.2) is 4.68 Å². The zero-order valence-corrected chi connectivity index (χ0v) is 18.3. The van der Waals surface area contributed by atoms with E-state index in [-0.39, 0.29) is 5.56 Å². The molecule has 2 aromatic rings. The largest absolute Gasteiger partial charge is 0.297 e. The molecule has 1 aromatic carbocycles. The molecule has 1 saturated carbocycles. The lowest BCUT2D eigenvalue weighted by Crippen LogP contribution is -2.33. The average Bonchev–Trinajstić information content (AvgIpc) is 3.28. The molecule has 4 rings (SSSR count). The molecule has 4 nitrogen and oxygen atoms in total. The lowest BCUT2D eigenvalue weighted by molar-refractivity contribution is 0.198. The van der Waals surface area contributed by atoms with Gasteiger partial charge in [-0.1, -0.05) is 42.1 Å². The Balaban J connectivity index is 1.46. The molecule has 0 unspecified atom stereocenters. The Morgan fingerprint density at radius 3 is 2.43 bits per heavy atom. The summed E-state index contributed by atoms with van der Waals surface area (Å²) in [6.07, 6.45) is 6.78. The van der Waals surface area contributed by atoms with Crippen LogP contribution in [-0.2, 0) is 13.6 Å². The number of aromatic nitrogens is 2. The van der Waals surface area contributed by atoms with Crippen molar-refractivity contribution in [2.75, 3.05) is 13.1 Å². The molecule has 0 N–H and O–H groups in total. The van der Waals surface area contributed by atoms with Crippen LogP contribution in [0.1, 0.15) is 67.3 Å². The van der Waals surface area contributed by atoms with Gasteiger partial charge >= 0.3 is 0 Å². The van der Waals surface area contributed by atoms with Gasteiger partial charge < -0.3 is 0 Å². The van der Waals surface area contributed by atoms with Crippen molar-refractivity contribution >= 4 is 23.2 Å². The first-order chi connectivity index (χ1) is 13.5. The van der Waals surface area contributed by atoms with Crippen LogP contribution in [0.5, 0.6) is 0 Å². The number of piperidine rings is 1. The Kier molecular flexibility index (Phi) is 5.91. The molecule has 2 heterocycles. The maximum absolute atomic E-state index is 12.7. The molecule has 0 spiro atoms. The zero-order valence-electron chi connectivity index (χ0n) is 16.8. The van der Waals surface area contributed by atoms with Crippen LogP contribution in [0.4, 0.5) is 0 Å². The van der Waals surface area contributed by atoms with Crippen LogP contribution in [0.3, 0.4) is 0 Å². The molecular weight excluding hydrogens is 393 g/mol. The number of hydrogen-bond acceptors (Lipinski definition) is 2. The van der Waals surface area contributed by atoms with Crippen LogP contribution in [0.15, 0.2) is 23.0 Å². The fourth-order valence-corrected chi connectivity index (χ4v) is 5.48. The Morgan fingerprint density at radius 2 is 1.75 bits per heavy atom. The smallest absolute Gasteiger partial charge is 0.286 e. The second kappa shape index (κ2) is 8.25. The van der Waals surface area contributed by atoms with Crippen LogP contribution in [0.25, 0.3) is 0 Å². The van der Waals surface area contributed by atoms with Gasteiger partial charge in [0.2, 0.25) is 0 Å². The minimum atomic E-state index is -0.0181. The topological polar surface area (TPSA) is 30.2 Å². The molecular formula is C22H29Cl2N3O. The first-order valence-corrected chi connectivity index (χ1v) is 11.2. The number of aryl methyl sites for hydroxylation is 1. The number of hydrogen-bond donors (Lipinski definition) is 0. The number of benzene rings is 1. The summed E-state index contributed by atoms with van der Waals surface area (Å²) in [4.78, 5) is 15.2. The Hall–Kier alpha value is -1.23. The highest BCUT2D eigenvalue weighted by atomic mass is 35.5. The first kappa shape index (κ1) is 20.1. The summed E-state index contributed by atoms with van der Waals surface area (Å²) in [5.41, 5.74) is 3.64. The van der Waals surface area contributed by atoms with Crippen LogP contribution in [0.2, 0.25) is 10.0 Å². The summed E-state index contributed by atoms with van der Waals surface area (Å²) in [5, 5.41) is 1.22. The van der Waals surface area contributed by atoms with Crippen molar-refractivity contribution in [2.45, 2.75) is 64.0 Å². The van der Waals surface area contributed by atoms with Crippen LogP contribution >= 0.6 is 23.2 Å². The van der Waals surface area contributed by atoms with E-state index in [4.69, 9.17) is 23.2 Å². The van der Waals surface area contributed by atoms with Crippen LogP contribution in [-0.4, -0.2) is 27.4 Å². The predicted molar refractivity (Wildman–Crippen MR) is 116 cm³/mol. The van der Waals surface area contributed by atoms with E-state index < -0.39 is 0 Å². The highest BCUT2D eigenvalue weighted by Crippen LogP contribution is 2.33. The minimum Gasteiger partial charge on any atom is -0.297 e. The van der Waals surface area contributed by atoms with Gasteiger partial charge in [0.05, 0.1) is 11.7 Å². The molecule has 1 aliphatic heterocycles. The maximum atomic E-state index is 12.7. The van der Waals surface area contributed by atoms with Gasteiger partial charge in [0.15, 0.2) is 0 Å². The fourth-order valence-electron chi connectivity index (χ4n) is 5.03. The van der Waals surface area contributed by atoms with Crippen LogP contribution < -0.4 is 5.56 Å². The molecule has 0 radical (unpaired) electrons. The molecule has 152 valence electrons. The molecule has 0 atom stereocenters. The quantitative estimate of drug-likeness (QED) is 0.670. The van der Waals surface area contributed by atoms with Crippen molar-refractivity contribution in [1.82, 2.24) is 14.3 Å². The van der Waals surface area contributed by atoms with E-state index in [0.717, 1.165) is 56.0 Å². The standard InChI is InChI=1S/C22H29Cl2N3O/c1-15-7-8-17(23)13-19(15)16-9-11-26(12-10-16)14-20-21(24)22(28)27(25(20)2)18-5-3-4-6-18/h7-8,13,16,18H,3-6,9-12,14H2,1-2H3. The summed E-state index contributed by atoms with van der Waals surface area (Å²) in [6, 6.07) is 6.51. The summed E-state index contributed by atoms with van der Waals surface area (Å²) in [5.74, 6) is 0.553. The van der Waals surface area contributed by atoms with Gasteiger partial charge in [-0.3, -0.25) is 14.4 Å². The average molecular weight is 422 g/mol. The number of nitrogens with zero attached hydrogens (tertiary/aromatic N) is 3. The van der Waals surface area contributed by atoms with E-state index in [1.807, 2.05) is 22.5 Å². The molecule has 2 aliphatic rings. The fraction of sp³-hybridized carbons (Fsp3) is 0.591. The van der Waals surface area contributed by atoms with Gasteiger partial charge in [0.1, 0.15) is 5.02 Å². The number of rotatable bonds is 4. The lowest BCUT2D eigenvalue weighted by atomic mass is 9.87. The van der Waals surface area contributed by atoms with E-state index in [9.17, 15) is 4.79 Å². The third kappa shape index (κ3) is 3.79. The van der Waals surface area contributed by atoms with Crippen molar-refractivity contribution in [2.24, 2.45) is 7.05 Å². The predicted octanol–water partition coefficient (Wildman–Crippen LogP) is 5.30. The summed E-state index contributed by atoms with van der Waals surface area (Å²) in [7, 11) is 1.99. The molecule has 1 aliphatic carbocycles. The second-order valence-electron chi connectivity index (χ2n) is 8.42. The van der Waals surface area contributed by atoms with Crippen molar-refractivity contribution in [3.8, 4) is 0 Å². The van der Waals surface area contributed by atoms with Crippen LogP contribution in [0, 0.1) is 6.92 Å². The van der Waals surface area contributed by atoms with Gasteiger partial charge in [-0.2, -0.15) is 0 Å².